The molecule has 0 amide bonds. The number of nitrogens with zero attached hydrogens (tertiary/aromatic N) is 1. The highest BCUT2D eigenvalue weighted by molar-refractivity contribution is 7.80. The monoisotopic (exact) mass is 459 g/mol. The largest absolute Gasteiger partial charge is 0.462 e. The fraction of sp³-hybridized carbons (Fsp3) is 0.808. The molecule has 178 valence electrons. The number of fused-ring (bicyclic) bond motifs is 5. The number of allylic oxidation sites excluding steroid dienone is 2. The van der Waals surface area contributed by atoms with Crippen LogP contribution in [0.5, 0.6) is 0 Å². The predicted molar refractivity (Wildman–Crippen MR) is 133 cm³/mol. The van der Waals surface area contributed by atoms with Gasteiger partial charge in [-0.3, -0.25) is 10.2 Å². The van der Waals surface area contributed by atoms with Gasteiger partial charge in [0.05, 0.1) is 5.71 Å². The highest BCUT2D eigenvalue weighted by Gasteiger charge is 2.57. The molecule has 5 nitrogen and oxygen atoms in total. The van der Waals surface area contributed by atoms with Crippen LogP contribution < -0.4 is 10.7 Å². The first-order valence-electron chi connectivity index (χ1n) is 13.0. The van der Waals surface area contributed by atoms with E-state index in [0.29, 0.717) is 23.4 Å². The van der Waals surface area contributed by atoms with Gasteiger partial charge < -0.3 is 10.1 Å². The Hall–Kier alpha value is -1.43. The molecule has 4 aliphatic rings. The molecule has 4 aliphatic carbocycles. The molecule has 0 saturated heterocycles. The lowest BCUT2D eigenvalue weighted by Gasteiger charge is -2.53. The first-order valence-corrected chi connectivity index (χ1v) is 13.4. The highest BCUT2D eigenvalue weighted by Crippen LogP contribution is 2.62. The lowest BCUT2D eigenvalue weighted by Crippen LogP contribution is -2.48. The van der Waals surface area contributed by atoms with E-state index in [9.17, 15) is 4.79 Å². The third-order valence-electron chi connectivity index (χ3n) is 8.91. The van der Waals surface area contributed by atoms with E-state index in [2.05, 4.69) is 35.8 Å². The quantitative estimate of drug-likeness (QED) is 0.238. The number of hydrazone groups is 1. The molecule has 32 heavy (non-hydrogen) atoms. The van der Waals surface area contributed by atoms with Gasteiger partial charge in [-0.05, 0) is 99.8 Å². The minimum Gasteiger partial charge on any atom is -0.462 e. The number of carbonyl (C=O) groups is 1. The summed E-state index contributed by atoms with van der Waals surface area (Å²) in [7, 11) is 0. The van der Waals surface area contributed by atoms with Gasteiger partial charge in [-0.25, -0.2) is 0 Å². The Labute approximate surface area is 199 Å². The van der Waals surface area contributed by atoms with Crippen LogP contribution in [0.25, 0.3) is 0 Å². The van der Waals surface area contributed by atoms with E-state index in [-0.39, 0.29) is 17.5 Å². The Morgan fingerprint density at radius 1 is 1.19 bits per heavy atom. The predicted octanol–water partition coefficient (Wildman–Crippen LogP) is 5.50. The van der Waals surface area contributed by atoms with Crippen molar-refractivity contribution in [3.63, 3.8) is 0 Å². The van der Waals surface area contributed by atoms with Crippen molar-refractivity contribution in [1.82, 2.24) is 10.7 Å². The first-order chi connectivity index (χ1) is 15.5. The van der Waals surface area contributed by atoms with Crippen LogP contribution in [0, 0.1) is 29.1 Å². The van der Waals surface area contributed by atoms with Gasteiger partial charge in [0.1, 0.15) is 6.10 Å². The van der Waals surface area contributed by atoms with Gasteiger partial charge >= 0.3 is 5.97 Å². The minimum atomic E-state index is -0.0272. The maximum absolute atomic E-state index is 12.0. The van der Waals surface area contributed by atoms with Crippen LogP contribution in [0.3, 0.4) is 0 Å². The fourth-order valence-electron chi connectivity index (χ4n) is 7.21. The van der Waals surface area contributed by atoms with Gasteiger partial charge in [0.15, 0.2) is 5.11 Å². The van der Waals surface area contributed by atoms with Crippen LogP contribution in [-0.4, -0.2) is 29.4 Å². The van der Waals surface area contributed by atoms with Crippen molar-refractivity contribution in [1.29, 1.82) is 0 Å². The van der Waals surface area contributed by atoms with Gasteiger partial charge in [0, 0.05) is 18.4 Å². The molecule has 0 aromatic carbocycles. The lowest BCUT2D eigenvalue weighted by molar-refractivity contribution is -0.158. The van der Waals surface area contributed by atoms with E-state index in [1.165, 1.54) is 38.5 Å². The normalized spacial score (nSPS) is 37.0. The third-order valence-corrected chi connectivity index (χ3v) is 9.14. The van der Waals surface area contributed by atoms with Gasteiger partial charge in [0.2, 0.25) is 0 Å². The Bertz CT molecular complexity index is 779. The number of carbonyl (C=O) groups excluding carboxylic acids is 1. The Kier molecular flexibility index (Phi) is 7.58. The van der Waals surface area contributed by atoms with Crippen LogP contribution in [0.15, 0.2) is 16.8 Å². The average Bonchev–Trinajstić information content (AvgIpc) is 3.13. The number of thiocarbonyl (C=S) groups is 1. The van der Waals surface area contributed by atoms with Crippen molar-refractivity contribution in [2.75, 3.05) is 6.54 Å². The highest BCUT2D eigenvalue weighted by atomic mass is 32.1. The van der Waals surface area contributed by atoms with Gasteiger partial charge in [-0.1, -0.05) is 32.8 Å². The van der Waals surface area contributed by atoms with Crippen molar-refractivity contribution in [2.45, 2.75) is 97.5 Å². The summed E-state index contributed by atoms with van der Waals surface area (Å²) in [5, 5.41) is 8.45. The van der Waals surface area contributed by atoms with E-state index in [4.69, 9.17) is 17.0 Å². The maximum atomic E-state index is 12.0. The summed E-state index contributed by atoms with van der Waals surface area (Å²) in [4.78, 5) is 12.0. The zero-order valence-electron chi connectivity index (χ0n) is 20.1. The summed E-state index contributed by atoms with van der Waals surface area (Å²) >= 11 is 5.34. The molecular weight excluding hydrogens is 418 g/mol. The first kappa shape index (κ1) is 23.7. The number of ether oxygens (including phenoxy) is 1. The second-order valence-electron chi connectivity index (χ2n) is 10.6. The van der Waals surface area contributed by atoms with Crippen molar-refractivity contribution in [3.05, 3.63) is 11.6 Å². The third kappa shape index (κ3) is 4.76. The van der Waals surface area contributed by atoms with E-state index >= 15 is 0 Å². The van der Waals surface area contributed by atoms with Crippen molar-refractivity contribution in [3.8, 4) is 0 Å². The molecule has 2 N–H and O–H groups in total. The molecule has 0 aliphatic heterocycles. The average molecular weight is 460 g/mol. The molecule has 3 fully saturated rings. The van der Waals surface area contributed by atoms with Crippen LogP contribution in [0.2, 0.25) is 0 Å². The van der Waals surface area contributed by atoms with Crippen LogP contribution in [0.1, 0.15) is 91.4 Å². The molecule has 0 heterocycles. The fourth-order valence-corrected chi connectivity index (χ4v) is 7.36. The van der Waals surface area contributed by atoms with Crippen molar-refractivity contribution in [2.24, 2.45) is 34.2 Å². The Morgan fingerprint density at radius 2 is 2.03 bits per heavy atom. The second-order valence-corrected chi connectivity index (χ2v) is 11.0. The molecule has 0 bridgehead atoms. The summed E-state index contributed by atoms with van der Waals surface area (Å²) in [6, 6.07) is 0. The lowest BCUT2D eigenvalue weighted by atomic mass is 9.52. The zero-order valence-corrected chi connectivity index (χ0v) is 20.9. The summed E-state index contributed by atoms with van der Waals surface area (Å²) in [5.41, 5.74) is 5.98. The van der Waals surface area contributed by atoms with Crippen molar-refractivity contribution < 1.29 is 9.53 Å². The van der Waals surface area contributed by atoms with E-state index in [1.54, 1.807) is 5.57 Å². The maximum Gasteiger partial charge on any atom is 0.305 e. The Morgan fingerprint density at radius 3 is 2.81 bits per heavy atom. The van der Waals surface area contributed by atoms with Crippen molar-refractivity contribution >= 4 is 29.0 Å². The number of rotatable bonds is 6. The summed E-state index contributed by atoms with van der Waals surface area (Å²) in [6.07, 6.45) is 14.7. The minimum absolute atomic E-state index is 0.0272. The Balaban J connectivity index is 1.39. The molecule has 6 atom stereocenters. The van der Waals surface area contributed by atoms with Crippen LogP contribution in [0.4, 0.5) is 0 Å². The topological polar surface area (TPSA) is 62.7 Å². The molecule has 0 radical (unpaired) electrons. The summed E-state index contributed by atoms with van der Waals surface area (Å²) in [6.45, 7) is 7.39. The molecule has 0 unspecified atom stereocenters. The number of hydrogen-bond acceptors (Lipinski definition) is 4. The molecule has 3 saturated carbocycles. The van der Waals surface area contributed by atoms with Gasteiger partial charge in [0.25, 0.3) is 0 Å². The molecule has 0 spiro atoms. The molecule has 4 rings (SSSR count). The van der Waals surface area contributed by atoms with Gasteiger partial charge in [-0.2, -0.15) is 5.10 Å². The molecule has 0 aromatic heterocycles. The standard InChI is InChI=1S/C26H41N3O2S/c1-4-6-15-27-25(32)29-28-18-8-10-19-17(16-18)7-9-21-20(19)13-14-26(3)22(21)11-12-23(26)31-24(30)5-2/h16,19-23H,4-15H2,1-3H3,(H2,27,29,32)/t19-,20+,21+,22-,23-,26-/m0/s1. The zero-order chi connectivity index (χ0) is 22.7. The second kappa shape index (κ2) is 10.2. The van der Waals surface area contributed by atoms with E-state index in [0.717, 1.165) is 49.8 Å². The SMILES string of the molecule is CCCCNC(=S)NN=C1C=C2CC[C@@H]3[C@H](CC[C@]4(C)[C@@H](OC(=O)CC)CC[C@@H]34)[C@H]2CC1. The molecule has 0 aromatic rings. The van der Waals surface area contributed by atoms with E-state index in [1.807, 2.05) is 6.92 Å². The van der Waals surface area contributed by atoms with Crippen LogP contribution in [-0.2, 0) is 9.53 Å². The summed E-state index contributed by atoms with van der Waals surface area (Å²) in [5.74, 6) is 2.97. The number of nitrogens with one attached hydrogen (secondary N) is 2. The molecular formula is C26H41N3O2S. The number of esters is 1. The van der Waals surface area contributed by atoms with Crippen LogP contribution >= 0.6 is 12.2 Å². The summed E-state index contributed by atoms with van der Waals surface area (Å²) < 4.78 is 5.92. The number of unbranched alkanes of at least 4 members (excludes halogenated alkanes) is 1. The van der Waals surface area contributed by atoms with Gasteiger partial charge in [-0.15, -0.1) is 0 Å². The smallest absolute Gasteiger partial charge is 0.305 e. The van der Waals surface area contributed by atoms with E-state index < -0.39 is 0 Å². The number of hydrogen-bond donors (Lipinski definition) is 2. The molecule has 6 heteroatoms.